The first-order chi connectivity index (χ1) is 7.74. The molecule has 0 fully saturated rings. The summed E-state index contributed by atoms with van der Waals surface area (Å²) in [6.45, 7) is 0.448. The van der Waals surface area contributed by atoms with Crippen LogP contribution in [-0.4, -0.2) is 9.97 Å². The van der Waals surface area contributed by atoms with Gasteiger partial charge in [0.1, 0.15) is 5.82 Å². The average Bonchev–Trinajstić information content (AvgIpc) is 2.28. The molecule has 0 aromatic carbocycles. The molecule has 0 atom stereocenters. The van der Waals surface area contributed by atoms with E-state index in [1.165, 1.54) is 12.1 Å². The summed E-state index contributed by atoms with van der Waals surface area (Å²) >= 11 is 0. The van der Waals surface area contributed by atoms with Gasteiger partial charge in [-0.25, -0.2) is 4.39 Å². The molecule has 2 N–H and O–H groups in total. The molecule has 0 radical (unpaired) electrons. The number of nitrogens with one attached hydrogen (secondary N) is 2. The molecule has 0 aliphatic rings. The number of hydrogen-bond acceptors (Lipinski definition) is 3. The van der Waals surface area contributed by atoms with Crippen LogP contribution in [0.25, 0.3) is 0 Å². The SMILES string of the molecule is O=c1cc(NCc2ccc(F)cn2)cc[nH]1. The molecule has 2 rings (SSSR count). The first-order valence-corrected chi connectivity index (χ1v) is 4.77. The molecule has 0 amide bonds. The maximum atomic E-state index is 12.6. The van der Waals surface area contributed by atoms with Gasteiger partial charge in [0.25, 0.3) is 0 Å². The van der Waals surface area contributed by atoms with Gasteiger partial charge in [0.15, 0.2) is 0 Å². The Labute approximate surface area is 91.2 Å². The second-order valence-electron chi connectivity index (χ2n) is 3.26. The number of aromatic nitrogens is 2. The fraction of sp³-hybridized carbons (Fsp3) is 0.0909. The predicted octanol–water partition coefficient (Wildman–Crippen LogP) is 1.52. The topological polar surface area (TPSA) is 57.8 Å². The molecule has 0 aliphatic heterocycles. The largest absolute Gasteiger partial charge is 0.379 e. The van der Waals surface area contributed by atoms with Gasteiger partial charge in [-0.05, 0) is 18.2 Å². The Hall–Kier alpha value is -2.17. The maximum Gasteiger partial charge on any atom is 0.249 e. The molecule has 4 nitrogen and oxygen atoms in total. The Morgan fingerprint density at radius 2 is 2.25 bits per heavy atom. The van der Waals surface area contributed by atoms with Gasteiger partial charge in [-0.3, -0.25) is 9.78 Å². The van der Waals surface area contributed by atoms with Crippen molar-refractivity contribution in [1.82, 2.24) is 9.97 Å². The molecule has 0 saturated carbocycles. The Bertz CT molecular complexity index is 521. The second-order valence-corrected chi connectivity index (χ2v) is 3.26. The lowest BCUT2D eigenvalue weighted by Crippen LogP contribution is -2.07. The molecule has 82 valence electrons. The summed E-state index contributed by atoms with van der Waals surface area (Å²) in [5.74, 6) is -0.361. The summed E-state index contributed by atoms with van der Waals surface area (Å²) in [6, 6.07) is 6.13. The minimum Gasteiger partial charge on any atom is -0.379 e. The van der Waals surface area contributed by atoms with Crippen molar-refractivity contribution in [1.29, 1.82) is 0 Å². The van der Waals surface area contributed by atoms with Crippen LogP contribution < -0.4 is 10.9 Å². The van der Waals surface area contributed by atoms with Crippen LogP contribution in [0.3, 0.4) is 0 Å². The molecule has 0 bridgehead atoms. The van der Waals surface area contributed by atoms with E-state index in [0.29, 0.717) is 17.9 Å². The summed E-state index contributed by atoms with van der Waals surface area (Å²) < 4.78 is 12.6. The molecule has 0 spiro atoms. The summed E-state index contributed by atoms with van der Waals surface area (Å²) in [6.07, 6.45) is 2.72. The predicted molar refractivity (Wildman–Crippen MR) is 58.6 cm³/mol. The van der Waals surface area contributed by atoms with E-state index < -0.39 is 0 Å². The van der Waals surface area contributed by atoms with Crippen molar-refractivity contribution in [3.05, 3.63) is 58.5 Å². The van der Waals surface area contributed by atoms with Crippen LogP contribution in [-0.2, 0) is 6.54 Å². The lowest BCUT2D eigenvalue weighted by molar-refractivity contribution is 0.619. The van der Waals surface area contributed by atoms with Crippen LogP contribution in [0.2, 0.25) is 0 Å². The first kappa shape index (κ1) is 10.4. The fourth-order valence-electron chi connectivity index (χ4n) is 1.26. The Morgan fingerprint density at radius 1 is 1.38 bits per heavy atom. The monoisotopic (exact) mass is 219 g/mol. The number of H-pyrrole nitrogens is 1. The zero-order valence-electron chi connectivity index (χ0n) is 8.40. The maximum absolute atomic E-state index is 12.6. The van der Waals surface area contributed by atoms with Gasteiger partial charge < -0.3 is 10.3 Å². The highest BCUT2D eigenvalue weighted by molar-refractivity contribution is 5.40. The third kappa shape index (κ3) is 2.66. The second kappa shape index (κ2) is 4.57. The lowest BCUT2D eigenvalue weighted by atomic mass is 10.3. The van der Waals surface area contributed by atoms with E-state index in [4.69, 9.17) is 0 Å². The normalized spacial score (nSPS) is 10.1. The zero-order chi connectivity index (χ0) is 11.4. The minimum absolute atomic E-state index is 0.169. The molecular weight excluding hydrogens is 209 g/mol. The quantitative estimate of drug-likeness (QED) is 0.822. The van der Waals surface area contributed by atoms with Crippen molar-refractivity contribution in [2.24, 2.45) is 0 Å². The third-order valence-electron chi connectivity index (χ3n) is 2.04. The highest BCUT2D eigenvalue weighted by atomic mass is 19.1. The number of anilines is 1. The molecule has 16 heavy (non-hydrogen) atoms. The molecule has 2 aromatic rings. The van der Waals surface area contributed by atoms with Gasteiger partial charge in [-0.1, -0.05) is 0 Å². The van der Waals surface area contributed by atoms with E-state index in [9.17, 15) is 9.18 Å². The van der Waals surface area contributed by atoms with E-state index in [2.05, 4.69) is 15.3 Å². The number of rotatable bonds is 3. The van der Waals surface area contributed by atoms with Crippen molar-refractivity contribution in [2.45, 2.75) is 6.54 Å². The highest BCUT2D eigenvalue weighted by Gasteiger charge is 1.96. The van der Waals surface area contributed by atoms with E-state index in [1.54, 1.807) is 18.3 Å². The van der Waals surface area contributed by atoms with Gasteiger partial charge in [0, 0.05) is 18.0 Å². The van der Waals surface area contributed by atoms with Crippen LogP contribution in [0.5, 0.6) is 0 Å². The summed E-state index contributed by atoms with van der Waals surface area (Å²) in [7, 11) is 0. The van der Waals surface area contributed by atoms with Crippen LogP contribution in [0.1, 0.15) is 5.69 Å². The van der Waals surface area contributed by atoms with Crippen molar-refractivity contribution in [3.8, 4) is 0 Å². The first-order valence-electron chi connectivity index (χ1n) is 4.77. The molecule has 2 heterocycles. The number of nitrogens with zero attached hydrogens (tertiary/aromatic N) is 1. The minimum atomic E-state index is -0.361. The number of halogens is 1. The molecule has 0 aliphatic carbocycles. The third-order valence-corrected chi connectivity index (χ3v) is 2.04. The summed E-state index contributed by atoms with van der Waals surface area (Å²) in [4.78, 5) is 17.4. The molecule has 2 aromatic heterocycles. The highest BCUT2D eigenvalue weighted by Crippen LogP contribution is 2.04. The van der Waals surface area contributed by atoms with E-state index in [0.717, 1.165) is 6.20 Å². The van der Waals surface area contributed by atoms with E-state index in [-0.39, 0.29) is 11.4 Å². The van der Waals surface area contributed by atoms with E-state index in [1.807, 2.05) is 0 Å². The zero-order valence-corrected chi connectivity index (χ0v) is 8.40. The van der Waals surface area contributed by atoms with Crippen LogP contribution in [0.4, 0.5) is 10.1 Å². The van der Waals surface area contributed by atoms with Crippen LogP contribution in [0.15, 0.2) is 41.5 Å². The van der Waals surface area contributed by atoms with Crippen molar-refractivity contribution in [2.75, 3.05) is 5.32 Å². The van der Waals surface area contributed by atoms with E-state index >= 15 is 0 Å². The Kier molecular flexibility index (Phi) is 2.95. The number of aromatic amines is 1. The Morgan fingerprint density at radius 3 is 2.94 bits per heavy atom. The molecular formula is C11H10FN3O. The molecule has 5 heteroatoms. The summed E-state index contributed by atoms with van der Waals surface area (Å²) in [5, 5.41) is 3.02. The van der Waals surface area contributed by atoms with Crippen molar-refractivity contribution >= 4 is 5.69 Å². The average molecular weight is 219 g/mol. The van der Waals surface area contributed by atoms with Gasteiger partial charge in [-0.2, -0.15) is 0 Å². The fourth-order valence-corrected chi connectivity index (χ4v) is 1.26. The number of pyridine rings is 2. The van der Waals surface area contributed by atoms with Gasteiger partial charge >= 0.3 is 0 Å². The van der Waals surface area contributed by atoms with Crippen molar-refractivity contribution < 1.29 is 4.39 Å². The number of hydrogen-bond donors (Lipinski definition) is 2. The molecule has 0 saturated heterocycles. The van der Waals surface area contributed by atoms with Crippen LogP contribution >= 0.6 is 0 Å². The van der Waals surface area contributed by atoms with Gasteiger partial charge in [-0.15, -0.1) is 0 Å². The van der Waals surface area contributed by atoms with Gasteiger partial charge in [0.2, 0.25) is 5.56 Å². The van der Waals surface area contributed by atoms with Crippen LogP contribution in [0, 0.1) is 5.82 Å². The van der Waals surface area contributed by atoms with Gasteiger partial charge in [0.05, 0.1) is 18.4 Å². The standard InChI is InChI=1S/C11H10FN3O/c12-8-1-2-10(14-6-8)7-15-9-3-4-13-11(16)5-9/h1-6H,7H2,(H2,13,15,16). The van der Waals surface area contributed by atoms with Crippen molar-refractivity contribution in [3.63, 3.8) is 0 Å². The smallest absolute Gasteiger partial charge is 0.249 e. The lowest BCUT2D eigenvalue weighted by Gasteiger charge is -2.04. The molecule has 0 unspecified atom stereocenters. The summed E-state index contributed by atoms with van der Waals surface area (Å²) in [5.41, 5.74) is 1.24. The Balaban J connectivity index is 2.02.